The summed E-state index contributed by atoms with van der Waals surface area (Å²) in [6.45, 7) is 6.18. The maximum Gasteiger partial charge on any atom is 0.253 e. The number of amides is 1. The molecule has 2 aromatic carbocycles. The van der Waals surface area contributed by atoms with Crippen LogP contribution in [0.4, 0.5) is 0 Å². The molecule has 0 bridgehead atoms. The lowest BCUT2D eigenvalue weighted by Crippen LogP contribution is -2.41. The number of hydrogen-bond donors (Lipinski definition) is 1. The minimum Gasteiger partial charge on any atom is -0.492 e. The van der Waals surface area contributed by atoms with E-state index in [4.69, 9.17) is 4.74 Å². The van der Waals surface area contributed by atoms with E-state index in [2.05, 4.69) is 47.3 Å². The van der Waals surface area contributed by atoms with E-state index in [-0.39, 0.29) is 29.9 Å². The summed E-state index contributed by atoms with van der Waals surface area (Å²) in [5.41, 5.74) is 4.23. The van der Waals surface area contributed by atoms with E-state index in [1.54, 1.807) is 26.0 Å². The minimum absolute atomic E-state index is 0. The summed E-state index contributed by atoms with van der Waals surface area (Å²) >= 11 is 0. The number of hydrogen-bond acceptors (Lipinski definition) is 3. The molecule has 0 atom stereocenters. The maximum absolute atomic E-state index is 12.1. The topological polar surface area (TPSA) is 57.2 Å². The van der Waals surface area contributed by atoms with Crippen LogP contribution >= 0.6 is 24.0 Å². The number of halogens is 1. The van der Waals surface area contributed by atoms with Gasteiger partial charge in [-0.05, 0) is 61.2 Å². The van der Waals surface area contributed by atoms with E-state index >= 15 is 0 Å². The van der Waals surface area contributed by atoms with Crippen LogP contribution in [0.25, 0.3) is 0 Å². The van der Waals surface area contributed by atoms with Crippen molar-refractivity contribution in [2.24, 2.45) is 4.99 Å². The first-order valence-electron chi connectivity index (χ1n) is 10.2. The smallest absolute Gasteiger partial charge is 0.253 e. The predicted molar refractivity (Wildman–Crippen MR) is 139 cm³/mol. The summed E-state index contributed by atoms with van der Waals surface area (Å²) in [7, 11) is 7.30. The van der Waals surface area contributed by atoms with Crippen molar-refractivity contribution in [3.8, 4) is 5.75 Å². The van der Waals surface area contributed by atoms with Crippen LogP contribution in [-0.2, 0) is 6.42 Å². The van der Waals surface area contributed by atoms with E-state index in [0.717, 1.165) is 36.8 Å². The SMILES string of the molecule is CN=C(NCCc1cccc(C(=O)N(C)C)c1)N(C)CCOc1cc(C)cc(C)c1.I. The number of nitrogens with one attached hydrogen (secondary N) is 1. The monoisotopic (exact) mass is 538 g/mol. The molecule has 0 fully saturated rings. The largest absolute Gasteiger partial charge is 0.492 e. The molecular weight excluding hydrogens is 503 g/mol. The van der Waals surface area contributed by atoms with Crippen LogP contribution < -0.4 is 10.1 Å². The molecule has 0 saturated carbocycles. The van der Waals surface area contributed by atoms with E-state index in [1.807, 2.05) is 31.3 Å². The van der Waals surface area contributed by atoms with Gasteiger partial charge in [0, 0.05) is 40.3 Å². The van der Waals surface area contributed by atoms with Crippen LogP contribution in [0.5, 0.6) is 5.75 Å². The molecule has 31 heavy (non-hydrogen) atoms. The zero-order chi connectivity index (χ0) is 22.1. The highest BCUT2D eigenvalue weighted by Crippen LogP contribution is 2.16. The average molecular weight is 538 g/mol. The summed E-state index contributed by atoms with van der Waals surface area (Å²) in [4.78, 5) is 20.1. The van der Waals surface area contributed by atoms with Crippen molar-refractivity contribution >= 4 is 35.8 Å². The average Bonchev–Trinajstić information content (AvgIpc) is 2.70. The molecule has 0 saturated heterocycles. The molecule has 0 unspecified atom stereocenters. The Morgan fingerprint density at radius 3 is 2.35 bits per heavy atom. The fourth-order valence-electron chi connectivity index (χ4n) is 3.24. The van der Waals surface area contributed by atoms with Crippen molar-refractivity contribution in [3.63, 3.8) is 0 Å². The Hall–Kier alpha value is -2.29. The first-order chi connectivity index (χ1) is 14.3. The van der Waals surface area contributed by atoms with Crippen molar-refractivity contribution < 1.29 is 9.53 Å². The summed E-state index contributed by atoms with van der Waals surface area (Å²) < 4.78 is 5.90. The van der Waals surface area contributed by atoms with Gasteiger partial charge in [-0.25, -0.2) is 0 Å². The molecule has 0 aliphatic rings. The molecule has 0 aromatic heterocycles. The van der Waals surface area contributed by atoms with Gasteiger partial charge in [0.25, 0.3) is 5.91 Å². The molecule has 2 aromatic rings. The maximum atomic E-state index is 12.1. The Kier molecular flexibility index (Phi) is 11.4. The first-order valence-corrected chi connectivity index (χ1v) is 10.2. The number of aryl methyl sites for hydroxylation is 2. The number of nitrogens with zero attached hydrogens (tertiary/aromatic N) is 3. The van der Waals surface area contributed by atoms with Crippen LogP contribution in [0.2, 0.25) is 0 Å². The van der Waals surface area contributed by atoms with E-state index in [1.165, 1.54) is 11.1 Å². The Bertz CT molecular complexity index is 863. The third-order valence-corrected chi connectivity index (χ3v) is 4.74. The highest BCUT2D eigenvalue weighted by atomic mass is 127. The van der Waals surface area contributed by atoms with Crippen LogP contribution in [0, 0.1) is 13.8 Å². The van der Waals surface area contributed by atoms with Crippen LogP contribution in [0.1, 0.15) is 27.0 Å². The predicted octanol–water partition coefficient (Wildman–Crippen LogP) is 3.75. The van der Waals surface area contributed by atoms with Crippen molar-refractivity contribution in [1.82, 2.24) is 15.1 Å². The lowest BCUT2D eigenvalue weighted by Gasteiger charge is -2.22. The third-order valence-electron chi connectivity index (χ3n) is 4.74. The highest BCUT2D eigenvalue weighted by Gasteiger charge is 2.09. The van der Waals surface area contributed by atoms with Gasteiger partial charge in [0.2, 0.25) is 0 Å². The number of guanidine groups is 1. The normalized spacial score (nSPS) is 10.8. The molecule has 0 spiro atoms. The van der Waals surface area contributed by atoms with Crippen molar-refractivity contribution in [2.45, 2.75) is 20.3 Å². The number of carbonyl (C=O) groups is 1. The summed E-state index contributed by atoms with van der Waals surface area (Å²) in [6, 6.07) is 14.0. The number of ether oxygens (including phenoxy) is 1. The lowest BCUT2D eigenvalue weighted by atomic mass is 10.1. The Morgan fingerprint density at radius 2 is 1.74 bits per heavy atom. The molecule has 0 radical (unpaired) electrons. The number of likely N-dealkylation sites (N-methyl/N-ethyl adjacent to an activating group) is 1. The zero-order valence-corrected chi connectivity index (χ0v) is 21.8. The summed E-state index contributed by atoms with van der Waals surface area (Å²) in [5.74, 6) is 1.74. The second kappa shape index (κ2) is 13.2. The number of rotatable bonds is 8. The van der Waals surface area contributed by atoms with Crippen LogP contribution in [0.15, 0.2) is 47.5 Å². The van der Waals surface area contributed by atoms with Gasteiger partial charge in [0.15, 0.2) is 5.96 Å². The van der Waals surface area contributed by atoms with Crippen molar-refractivity contribution in [2.75, 3.05) is 47.9 Å². The second-order valence-electron chi connectivity index (χ2n) is 7.72. The molecule has 0 aliphatic heterocycles. The molecule has 0 heterocycles. The van der Waals surface area contributed by atoms with Gasteiger partial charge < -0.3 is 19.9 Å². The minimum atomic E-state index is 0. The standard InChI is InChI=1S/C24H34N4O2.HI/c1-18-14-19(2)16-22(15-18)30-13-12-28(6)24(25-3)26-11-10-20-8-7-9-21(17-20)23(29)27(4)5;/h7-9,14-17H,10-13H2,1-6H3,(H,25,26);1H. The molecule has 0 aliphatic carbocycles. The van der Waals surface area contributed by atoms with Gasteiger partial charge in [0.05, 0.1) is 6.54 Å². The Labute approximate surface area is 203 Å². The zero-order valence-electron chi connectivity index (χ0n) is 19.4. The van der Waals surface area contributed by atoms with Crippen LogP contribution in [-0.4, -0.2) is 69.6 Å². The highest BCUT2D eigenvalue weighted by molar-refractivity contribution is 14.0. The molecular formula is C24H35IN4O2. The van der Waals surface area contributed by atoms with E-state index in [0.29, 0.717) is 12.2 Å². The van der Waals surface area contributed by atoms with Crippen LogP contribution in [0.3, 0.4) is 0 Å². The molecule has 2 rings (SSSR count). The molecule has 1 amide bonds. The quantitative estimate of drug-likeness (QED) is 0.316. The van der Waals surface area contributed by atoms with Crippen molar-refractivity contribution in [3.05, 3.63) is 64.7 Å². The fourth-order valence-corrected chi connectivity index (χ4v) is 3.24. The van der Waals surface area contributed by atoms with Gasteiger partial charge in [-0.2, -0.15) is 0 Å². The number of carbonyl (C=O) groups excluding carboxylic acids is 1. The van der Waals surface area contributed by atoms with Crippen molar-refractivity contribution in [1.29, 1.82) is 0 Å². The van der Waals surface area contributed by atoms with Gasteiger partial charge >= 0.3 is 0 Å². The Morgan fingerprint density at radius 1 is 1.06 bits per heavy atom. The van der Waals surface area contributed by atoms with E-state index < -0.39 is 0 Å². The van der Waals surface area contributed by atoms with Gasteiger partial charge in [-0.1, -0.05) is 18.2 Å². The van der Waals surface area contributed by atoms with Gasteiger partial charge in [-0.3, -0.25) is 9.79 Å². The van der Waals surface area contributed by atoms with Gasteiger partial charge in [-0.15, -0.1) is 24.0 Å². The third kappa shape index (κ3) is 8.77. The number of benzene rings is 2. The fraction of sp³-hybridized carbons (Fsp3) is 0.417. The summed E-state index contributed by atoms with van der Waals surface area (Å²) in [5, 5.41) is 3.38. The van der Waals surface area contributed by atoms with Gasteiger partial charge in [0.1, 0.15) is 12.4 Å². The molecule has 6 nitrogen and oxygen atoms in total. The first kappa shape index (κ1) is 26.7. The number of aliphatic imine (C=N–C) groups is 1. The summed E-state index contributed by atoms with van der Waals surface area (Å²) in [6.07, 6.45) is 0.806. The molecule has 7 heteroatoms. The molecule has 1 N–H and O–H groups in total. The molecule has 170 valence electrons. The lowest BCUT2D eigenvalue weighted by molar-refractivity contribution is 0.0827. The second-order valence-corrected chi connectivity index (χ2v) is 7.72. The van der Waals surface area contributed by atoms with E-state index in [9.17, 15) is 4.79 Å². The Balaban J connectivity index is 0.00000480.